The zero-order valence-corrected chi connectivity index (χ0v) is 16.6. The molecule has 2 aromatic carbocycles. The lowest BCUT2D eigenvalue weighted by Crippen LogP contribution is -2.31. The SMILES string of the molecule is c1ccc2c(-c3cn4nc(OCCCN5CCCCC5)ccc4n3)cccc2c1. The summed E-state index contributed by atoms with van der Waals surface area (Å²) in [6.45, 7) is 4.27. The molecule has 2 aromatic heterocycles. The van der Waals surface area contributed by atoms with Crippen LogP contribution >= 0.6 is 0 Å². The van der Waals surface area contributed by atoms with Crippen molar-refractivity contribution in [2.75, 3.05) is 26.2 Å². The molecule has 4 aromatic rings. The Labute approximate surface area is 170 Å². The maximum Gasteiger partial charge on any atom is 0.231 e. The smallest absolute Gasteiger partial charge is 0.231 e. The van der Waals surface area contributed by atoms with Gasteiger partial charge in [-0.25, -0.2) is 9.50 Å². The van der Waals surface area contributed by atoms with E-state index in [2.05, 4.69) is 52.5 Å². The van der Waals surface area contributed by atoms with E-state index in [4.69, 9.17) is 9.72 Å². The van der Waals surface area contributed by atoms with Crippen LogP contribution in [0, 0.1) is 0 Å². The lowest BCUT2D eigenvalue weighted by atomic mass is 10.0. The van der Waals surface area contributed by atoms with Gasteiger partial charge in [-0.3, -0.25) is 0 Å². The first-order chi connectivity index (χ1) is 14.4. The van der Waals surface area contributed by atoms with Gasteiger partial charge in [0.1, 0.15) is 0 Å². The summed E-state index contributed by atoms with van der Waals surface area (Å²) < 4.78 is 7.72. The molecule has 29 heavy (non-hydrogen) atoms. The first-order valence-electron chi connectivity index (χ1n) is 10.6. The molecule has 5 heteroatoms. The molecule has 0 amide bonds. The molecule has 1 saturated heterocycles. The van der Waals surface area contributed by atoms with Gasteiger partial charge in [-0.05, 0) is 49.2 Å². The van der Waals surface area contributed by atoms with Crippen molar-refractivity contribution < 1.29 is 4.74 Å². The number of benzene rings is 2. The number of rotatable bonds is 6. The highest BCUT2D eigenvalue weighted by Crippen LogP contribution is 2.28. The largest absolute Gasteiger partial charge is 0.477 e. The van der Waals surface area contributed by atoms with Crippen molar-refractivity contribution in [3.8, 4) is 17.1 Å². The Morgan fingerprint density at radius 1 is 0.897 bits per heavy atom. The van der Waals surface area contributed by atoms with Crippen molar-refractivity contribution in [3.05, 3.63) is 60.8 Å². The van der Waals surface area contributed by atoms with E-state index in [9.17, 15) is 0 Å². The second-order valence-electron chi connectivity index (χ2n) is 7.73. The predicted octanol–water partition coefficient (Wildman–Crippen LogP) is 4.80. The molecule has 0 aliphatic carbocycles. The van der Waals surface area contributed by atoms with Gasteiger partial charge < -0.3 is 9.64 Å². The first kappa shape index (κ1) is 18.1. The van der Waals surface area contributed by atoms with E-state index in [1.54, 1.807) is 0 Å². The molecule has 0 atom stereocenters. The van der Waals surface area contributed by atoms with Crippen molar-refractivity contribution in [3.63, 3.8) is 0 Å². The van der Waals surface area contributed by atoms with Gasteiger partial charge in [-0.15, -0.1) is 5.10 Å². The number of hydrogen-bond donors (Lipinski definition) is 0. The van der Waals surface area contributed by atoms with E-state index in [1.165, 1.54) is 43.1 Å². The normalized spacial score (nSPS) is 15.2. The fraction of sp³-hybridized carbons (Fsp3) is 0.333. The maximum absolute atomic E-state index is 5.90. The summed E-state index contributed by atoms with van der Waals surface area (Å²) in [6.07, 6.45) is 7.06. The number of imidazole rings is 1. The molecule has 5 nitrogen and oxygen atoms in total. The molecule has 0 radical (unpaired) electrons. The van der Waals surface area contributed by atoms with E-state index in [1.807, 2.05) is 22.8 Å². The monoisotopic (exact) mass is 386 g/mol. The van der Waals surface area contributed by atoms with Gasteiger partial charge in [0.25, 0.3) is 0 Å². The van der Waals surface area contributed by atoms with Crippen molar-refractivity contribution in [1.29, 1.82) is 0 Å². The summed E-state index contributed by atoms with van der Waals surface area (Å²) in [7, 11) is 0. The number of ether oxygens (including phenoxy) is 1. The third-order valence-corrected chi connectivity index (χ3v) is 5.68. The van der Waals surface area contributed by atoms with Gasteiger partial charge in [0.15, 0.2) is 5.65 Å². The van der Waals surface area contributed by atoms with Crippen molar-refractivity contribution in [1.82, 2.24) is 19.5 Å². The Morgan fingerprint density at radius 3 is 2.69 bits per heavy atom. The lowest BCUT2D eigenvalue weighted by molar-refractivity contribution is 0.202. The van der Waals surface area contributed by atoms with E-state index < -0.39 is 0 Å². The average molecular weight is 386 g/mol. The predicted molar refractivity (Wildman–Crippen MR) is 116 cm³/mol. The minimum atomic E-state index is 0.651. The van der Waals surface area contributed by atoms with Gasteiger partial charge in [-0.1, -0.05) is 48.9 Å². The topological polar surface area (TPSA) is 42.7 Å². The number of nitrogens with zero attached hydrogens (tertiary/aromatic N) is 4. The Balaban J connectivity index is 1.30. The number of aromatic nitrogens is 3. The fourth-order valence-electron chi connectivity index (χ4n) is 4.17. The second kappa shape index (κ2) is 8.21. The summed E-state index contributed by atoms with van der Waals surface area (Å²) in [4.78, 5) is 7.31. The summed E-state index contributed by atoms with van der Waals surface area (Å²) in [5.74, 6) is 0.651. The van der Waals surface area contributed by atoms with Gasteiger partial charge in [0, 0.05) is 18.2 Å². The molecular formula is C24H26N4O. The zero-order chi connectivity index (χ0) is 19.5. The van der Waals surface area contributed by atoms with Crippen molar-refractivity contribution in [2.24, 2.45) is 0 Å². The molecule has 0 spiro atoms. The molecule has 3 heterocycles. The quantitative estimate of drug-likeness (QED) is 0.446. The summed E-state index contributed by atoms with van der Waals surface area (Å²) >= 11 is 0. The zero-order valence-electron chi connectivity index (χ0n) is 16.6. The Bertz CT molecular complexity index is 1110. The van der Waals surface area contributed by atoms with Crippen LogP contribution in [0.25, 0.3) is 27.7 Å². The molecule has 1 aliphatic rings. The molecule has 0 N–H and O–H groups in total. The van der Waals surface area contributed by atoms with Crippen molar-refractivity contribution in [2.45, 2.75) is 25.7 Å². The highest BCUT2D eigenvalue weighted by molar-refractivity contribution is 5.95. The van der Waals surface area contributed by atoms with Crippen LogP contribution in [0.15, 0.2) is 60.8 Å². The van der Waals surface area contributed by atoms with Crippen LogP contribution in [-0.4, -0.2) is 45.7 Å². The van der Waals surface area contributed by atoms with Crippen LogP contribution in [0.3, 0.4) is 0 Å². The third kappa shape index (κ3) is 3.96. The van der Waals surface area contributed by atoms with Crippen LogP contribution in [0.2, 0.25) is 0 Å². The van der Waals surface area contributed by atoms with Gasteiger partial charge >= 0.3 is 0 Å². The molecule has 1 fully saturated rings. The molecule has 5 rings (SSSR count). The number of likely N-dealkylation sites (tertiary alicyclic amines) is 1. The van der Waals surface area contributed by atoms with Crippen LogP contribution in [0.1, 0.15) is 25.7 Å². The second-order valence-corrected chi connectivity index (χ2v) is 7.73. The Kier molecular flexibility index (Phi) is 5.13. The summed E-state index contributed by atoms with van der Waals surface area (Å²) in [5.41, 5.74) is 2.88. The van der Waals surface area contributed by atoms with Crippen LogP contribution in [0.5, 0.6) is 5.88 Å². The molecular weight excluding hydrogens is 360 g/mol. The minimum Gasteiger partial charge on any atom is -0.477 e. The van der Waals surface area contributed by atoms with Gasteiger partial charge in [0.05, 0.1) is 18.5 Å². The van der Waals surface area contributed by atoms with E-state index in [0.717, 1.165) is 29.9 Å². The number of piperidine rings is 1. The third-order valence-electron chi connectivity index (χ3n) is 5.68. The molecule has 0 saturated carbocycles. The number of fused-ring (bicyclic) bond motifs is 2. The average Bonchev–Trinajstić information content (AvgIpc) is 3.20. The Morgan fingerprint density at radius 2 is 1.76 bits per heavy atom. The Hall–Kier alpha value is -2.92. The maximum atomic E-state index is 5.90. The van der Waals surface area contributed by atoms with Gasteiger partial charge in [0.2, 0.25) is 5.88 Å². The standard InChI is InChI=1S/C24H26N4O/c1-4-14-27(15-5-1)16-7-17-29-24-13-12-23-25-22(18-28(23)26-24)21-11-6-9-19-8-2-3-10-20(19)21/h2-3,6,8-13,18H,1,4-5,7,14-17H2. The molecule has 148 valence electrons. The van der Waals surface area contributed by atoms with E-state index >= 15 is 0 Å². The van der Waals surface area contributed by atoms with Crippen LogP contribution in [0.4, 0.5) is 0 Å². The van der Waals surface area contributed by atoms with Gasteiger partial charge in [-0.2, -0.15) is 0 Å². The van der Waals surface area contributed by atoms with Crippen LogP contribution < -0.4 is 4.74 Å². The summed E-state index contributed by atoms with van der Waals surface area (Å²) in [6, 6.07) is 18.6. The van der Waals surface area contributed by atoms with E-state index in [0.29, 0.717) is 12.5 Å². The van der Waals surface area contributed by atoms with Crippen molar-refractivity contribution >= 4 is 16.4 Å². The highest BCUT2D eigenvalue weighted by atomic mass is 16.5. The highest BCUT2D eigenvalue weighted by Gasteiger charge is 2.11. The molecule has 0 bridgehead atoms. The lowest BCUT2D eigenvalue weighted by Gasteiger charge is -2.26. The molecule has 1 aliphatic heterocycles. The fourth-order valence-corrected chi connectivity index (χ4v) is 4.17. The molecule has 0 unspecified atom stereocenters. The number of hydrogen-bond acceptors (Lipinski definition) is 4. The summed E-state index contributed by atoms with van der Waals surface area (Å²) in [5, 5.41) is 7.02. The first-order valence-corrected chi connectivity index (χ1v) is 10.6. The van der Waals surface area contributed by atoms with E-state index in [-0.39, 0.29) is 0 Å². The minimum absolute atomic E-state index is 0.651. The van der Waals surface area contributed by atoms with Crippen LogP contribution in [-0.2, 0) is 0 Å².